The molecule has 1 heterocycles. The number of aromatic nitrogens is 2. The molecule has 1 amide bonds. The van der Waals surface area contributed by atoms with Crippen molar-refractivity contribution >= 4 is 33.6 Å². The van der Waals surface area contributed by atoms with Gasteiger partial charge in [0, 0.05) is 29.4 Å². The van der Waals surface area contributed by atoms with Crippen LogP contribution in [0.3, 0.4) is 0 Å². The van der Waals surface area contributed by atoms with E-state index in [0.29, 0.717) is 0 Å². The number of aryl methyl sites for hydroxylation is 2. The minimum Gasteiger partial charge on any atom is -0.321 e. The van der Waals surface area contributed by atoms with Crippen LogP contribution < -0.4 is 5.32 Å². The van der Waals surface area contributed by atoms with Crippen LogP contribution >= 0.6 is 15.9 Å². The third-order valence-corrected chi connectivity index (χ3v) is 3.19. The van der Waals surface area contributed by atoms with Crippen molar-refractivity contribution in [1.82, 2.24) is 9.78 Å². The van der Waals surface area contributed by atoms with E-state index >= 15 is 0 Å². The molecule has 0 spiro atoms. The van der Waals surface area contributed by atoms with E-state index in [4.69, 9.17) is 0 Å². The SMILES string of the molecule is Cc1ccc(NC(=O)/C=C/c2cnn(C)c2)c(Br)c1. The Kier molecular flexibility index (Phi) is 4.16. The Morgan fingerprint density at radius 2 is 2.26 bits per heavy atom. The third-order valence-electron chi connectivity index (χ3n) is 2.53. The standard InChI is InChI=1S/C14H14BrN3O/c1-10-3-5-13(12(15)7-10)17-14(19)6-4-11-8-16-18(2)9-11/h3-9H,1-2H3,(H,17,19)/b6-4+. The quantitative estimate of drug-likeness (QED) is 0.883. The number of anilines is 1. The summed E-state index contributed by atoms with van der Waals surface area (Å²) in [5.41, 5.74) is 2.78. The summed E-state index contributed by atoms with van der Waals surface area (Å²) in [6.07, 6.45) is 6.75. The second kappa shape index (κ2) is 5.84. The molecule has 4 nitrogen and oxygen atoms in total. The highest BCUT2D eigenvalue weighted by atomic mass is 79.9. The van der Waals surface area contributed by atoms with Gasteiger partial charge in [0.1, 0.15) is 0 Å². The molecular weight excluding hydrogens is 306 g/mol. The molecule has 1 aromatic heterocycles. The van der Waals surface area contributed by atoms with Crippen molar-refractivity contribution in [2.24, 2.45) is 7.05 Å². The maximum atomic E-state index is 11.8. The lowest BCUT2D eigenvalue weighted by molar-refractivity contribution is -0.111. The predicted molar refractivity (Wildman–Crippen MR) is 79.8 cm³/mol. The van der Waals surface area contributed by atoms with Crippen LogP contribution in [0.5, 0.6) is 0 Å². The molecule has 2 aromatic rings. The van der Waals surface area contributed by atoms with E-state index in [1.54, 1.807) is 17.0 Å². The monoisotopic (exact) mass is 319 g/mol. The second-order valence-electron chi connectivity index (χ2n) is 4.25. The highest BCUT2D eigenvalue weighted by Gasteiger charge is 2.02. The number of carbonyl (C=O) groups excluding carboxylic acids is 1. The van der Waals surface area contributed by atoms with Gasteiger partial charge in [0.2, 0.25) is 5.91 Å². The second-order valence-corrected chi connectivity index (χ2v) is 5.11. The molecule has 0 saturated carbocycles. The lowest BCUT2D eigenvalue weighted by Crippen LogP contribution is -2.08. The lowest BCUT2D eigenvalue weighted by atomic mass is 10.2. The fraction of sp³-hybridized carbons (Fsp3) is 0.143. The first kappa shape index (κ1) is 13.5. The van der Waals surface area contributed by atoms with Gasteiger partial charge in [-0.3, -0.25) is 9.48 Å². The minimum absolute atomic E-state index is 0.173. The molecule has 0 saturated heterocycles. The number of nitrogens with one attached hydrogen (secondary N) is 1. The first-order valence-electron chi connectivity index (χ1n) is 5.78. The highest BCUT2D eigenvalue weighted by Crippen LogP contribution is 2.23. The largest absolute Gasteiger partial charge is 0.321 e. The van der Waals surface area contributed by atoms with E-state index in [-0.39, 0.29) is 5.91 Å². The third kappa shape index (κ3) is 3.79. The molecule has 1 N–H and O–H groups in total. The molecule has 2 rings (SSSR count). The van der Waals surface area contributed by atoms with E-state index in [9.17, 15) is 4.79 Å². The molecule has 0 aliphatic heterocycles. The van der Waals surface area contributed by atoms with Crippen LogP contribution in [-0.4, -0.2) is 15.7 Å². The van der Waals surface area contributed by atoms with Crippen LogP contribution in [0.25, 0.3) is 6.08 Å². The molecule has 5 heteroatoms. The van der Waals surface area contributed by atoms with Crippen LogP contribution in [0.4, 0.5) is 5.69 Å². The summed E-state index contributed by atoms with van der Waals surface area (Å²) in [7, 11) is 1.83. The molecule has 0 fully saturated rings. The first-order valence-corrected chi connectivity index (χ1v) is 6.58. The molecule has 0 bridgehead atoms. The Bertz CT molecular complexity index is 631. The van der Waals surface area contributed by atoms with Crippen LogP contribution in [0.1, 0.15) is 11.1 Å². The molecule has 0 aliphatic rings. The fourth-order valence-electron chi connectivity index (χ4n) is 1.59. The Morgan fingerprint density at radius 1 is 1.47 bits per heavy atom. The van der Waals surface area contributed by atoms with Crippen molar-refractivity contribution in [1.29, 1.82) is 0 Å². The van der Waals surface area contributed by atoms with Gasteiger partial charge in [-0.15, -0.1) is 0 Å². The average molecular weight is 320 g/mol. The van der Waals surface area contributed by atoms with Gasteiger partial charge in [-0.2, -0.15) is 5.10 Å². The molecule has 19 heavy (non-hydrogen) atoms. The summed E-state index contributed by atoms with van der Waals surface area (Å²) in [6.45, 7) is 2.00. The molecular formula is C14H14BrN3O. The van der Waals surface area contributed by atoms with Crippen molar-refractivity contribution in [2.45, 2.75) is 6.92 Å². The maximum absolute atomic E-state index is 11.8. The molecule has 0 radical (unpaired) electrons. The van der Waals surface area contributed by atoms with Gasteiger partial charge < -0.3 is 5.32 Å². The van der Waals surface area contributed by atoms with Gasteiger partial charge in [-0.1, -0.05) is 6.07 Å². The lowest BCUT2D eigenvalue weighted by Gasteiger charge is -2.05. The Balaban J connectivity index is 2.03. The van der Waals surface area contributed by atoms with E-state index in [1.807, 2.05) is 38.4 Å². The van der Waals surface area contributed by atoms with E-state index < -0.39 is 0 Å². The van der Waals surface area contributed by atoms with Crippen molar-refractivity contribution in [3.63, 3.8) is 0 Å². The van der Waals surface area contributed by atoms with Crippen molar-refractivity contribution in [2.75, 3.05) is 5.32 Å². The van der Waals surface area contributed by atoms with Gasteiger partial charge in [-0.05, 0) is 46.6 Å². The van der Waals surface area contributed by atoms with Crippen molar-refractivity contribution < 1.29 is 4.79 Å². The van der Waals surface area contributed by atoms with Gasteiger partial charge in [0.15, 0.2) is 0 Å². The van der Waals surface area contributed by atoms with Crippen molar-refractivity contribution in [3.8, 4) is 0 Å². The normalized spacial score (nSPS) is 10.9. The number of amides is 1. The number of nitrogens with zero attached hydrogens (tertiary/aromatic N) is 2. The number of halogens is 1. The number of hydrogen-bond acceptors (Lipinski definition) is 2. The molecule has 0 unspecified atom stereocenters. The van der Waals surface area contributed by atoms with Gasteiger partial charge >= 0.3 is 0 Å². The van der Waals surface area contributed by atoms with Gasteiger partial charge in [-0.25, -0.2) is 0 Å². The zero-order valence-corrected chi connectivity index (χ0v) is 12.3. The van der Waals surface area contributed by atoms with E-state index in [0.717, 1.165) is 21.3 Å². The molecule has 1 aromatic carbocycles. The predicted octanol–water partition coefficient (Wildman–Crippen LogP) is 3.14. The Morgan fingerprint density at radius 3 is 2.89 bits per heavy atom. The number of rotatable bonds is 3. The maximum Gasteiger partial charge on any atom is 0.248 e. The summed E-state index contributed by atoms with van der Waals surface area (Å²) >= 11 is 3.42. The zero-order valence-electron chi connectivity index (χ0n) is 10.7. The number of hydrogen-bond donors (Lipinski definition) is 1. The van der Waals surface area contributed by atoms with Crippen LogP contribution in [-0.2, 0) is 11.8 Å². The van der Waals surface area contributed by atoms with E-state index in [1.165, 1.54) is 6.08 Å². The molecule has 0 aliphatic carbocycles. The van der Waals surface area contributed by atoms with Gasteiger partial charge in [0.05, 0.1) is 11.9 Å². The topological polar surface area (TPSA) is 46.9 Å². The highest BCUT2D eigenvalue weighted by molar-refractivity contribution is 9.10. The summed E-state index contributed by atoms with van der Waals surface area (Å²) in [5, 5.41) is 6.84. The smallest absolute Gasteiger partial charge is 0.248 e. The zero-order chi connectivity index (χ0) is 13.8. The van der Waals surface area contributed by atoms with E-state index in [2.05, 4.69) is 26.3 Å². The van der Waals surface area contributed by atoms with Crippen LogP contribution in [0, 0.1) is 6.92 Å². The average Bonchev–Trinajstić information content (AvgIpc) is 2.76. The number of benzene rings is 1. The summed E-state index contributed by atoms with van der Waals surface area (Å²) in [5.74, 6) is -0.173. The summed E-state index contributed by atoms with van der Waals surface area (Å²) < 4.78 is 2.56. The molecule has 0 atom stereocenters. The van der Waals surface area contributed by atoms with Crippen molar-refractivity contribution in [3.05, 3.63) is 52.3 Å². The minimum atomic E-state index is -0.173. The van der Waals surface area contributed by atoms with Crippen LogP contribution in [0.15, 0.2) is 41.1 Å². The number of carbonyl (C=O) groups is 1. The van der Waals surface area contributed by atoms with Gasteiger partial charge in [0.25, 0.3) is 0 Å². The molecule has 98 valence electrons. The Hall–Kier alpha value is -1.88. The first-order chi connectivity index (χ1) is 9.04. The summed E-state index contributed by atoms with van der Waals surface area (Å²) in [4.78, 5) is 11.8. The fourth-order valence-corrected chi connectivity index (χ4v) is 2.19. The summed E-state index contributed by atoms with van der Waals surface area (Å²) in [6, 6.07) is 5.78. The van der Waals surface area contributed by atoms with Crippen LogP contribution in [0.2, 0.25) is 0 Å². The Labute approximate surface area is 120 Å².